The van der Waals surface area contributed by atoms with Gasteiger partial charge in [0, 0.05) is 18.6 Å². The van der Waals surface area contributed by atoms with Crippen molar-refractivity contribution in [3.8, 4) is 0 Å². The average molecular weight is 257 g/mol. The van der Waals surface area contributed by atoms with E-state index in [4.69, 9.17) is 11.6 Å². The second-order valence-electron chi connectivity index (χ2n) is 4.62. The lowest BCUT2D eigenvalue weighted by Crippen LogP contribution is -2.47. The van der Waals surface area contributed by atoms with E-state index in [1.807, 2.05) is 7.05 Å². The van der Waals surface area contributed by atoms with Crippen LogP contribution in [0, 0.1) is 5.82 Å². The molecule has 0 bridgehead atoms. The van der Waals surface area contributed by atoms with Crippen molar-refractivity contribution < 1.29 is 4.39 Å². The molecule has 2 rings (SSSR count). The van der Waals surface area contributed by atoms with Crippen LogP contribution in [-0.2, 0) is 0 Å². The van der Waals surface area contributed by atoms with Crippen LogP contribution in [0.15, 0.2) is 18.2 Å². The van der Waals surface area contributed by atoms with Gasteiger partial charge in [0.1, 0.15) is 5.82 Å². The maximum absolute atomic E-state index is 13.8. The van der Waals surface area contributed by atoms with Crippen molar-refractivity contribution in [1.29, 1.82) is 0 Å². The first-order valence-corrected chi connectivity index (χ1v) is 6.39. The van der Waals surface area contributed by atoms with E-state index in [9.17, 15) is 4.39 Å². The Morgan fingerprint density at radius 1 is 1.47 bits per heavy atom. The molecule has 0 aromatic heterocycles. The Morgan fingerprint density at radius 3 is 2.82 bits per heavy atom. The Kier molecular flexibility index (Phi) is 3.89. The maximum atomic E-state index is 13.8. The van der Waals surface area contributed by atoms with Crippen molar-refractivity contribution >= 4 is 17.3 Å². The second-order valence-corrected chi connectivity index (χ2v) is 5.03. The summed E-state index contributed by atoms with van der Waals surface area (Å²) in [6.07, 6.45) is 2.03. The van der Waals surface area contributed by atoms with Crippen LogP contribution in [0.3, 0.4) is 0 Å². The van der Waals surface area contributed by atoms with E-state index in [1.165, 1.54) is 6.07 Å². The number of hydrogen-bond acceptors (Lipinski definition) is 2. The van der Waals surface area contributed by atoms with Crippen LogP contribution in [0.5, 0.6) is 0 Å². The predicted molar refractivity (Wildman–Crippen MR) is 70.3 cm³/mol. The van der Waals surface area contributed by atoms with E-state index in [-0.39, 0.29) is 5.82 Å². The highest BCUT2D eigenvalue weighted by molar-refractivity contribution is 6.33. The summed E-state index contributed by atoms with van der Waals surface area (Å²) in [5.74, 6) is -0.229. The fraction of sp³-hybridized carbons (Fsp3) is 0.538. The summed E-state index contributed by atoms with van der Waals surface area (Å²) in [5.41, 5.74) is 0.552. The molecule has 1 saturated heterocycles. The summed E-state index contributed by atoms with van der Waals surface area (Å²) in [7, 11) is 1.98. The first-order chi connectivity index (χ1) is 8.13. The minimum Gasteiger partial charge on any atom is -0.365 e. The molecular weight excluding hydrogens is 239 g/mol. The highest BCUT2D eigenvalue weighted by Crippen LogP contribution is 2.33. The Hall–Kier alpha value is -0.800. The molecule has 4 heteroatoms. The molecule has 0 aliphatic carbocycles. The molecular formula is C13H18ClFN2. The molecule has 0 spiro atoms. The summed E-state index contributed by atoms with van der Waals surface area (Å²) in [6, 6.07) is 5.68. The first-order valence-electron chi connectivity index (χ1n) is 6.01. The van der Waals surface area contributed by atoms with Crippen molar-refractivity contribution in [3.05, 3.63) is 29.0 Å². The van der Waals surface area contributed by atoms with E-state index in [0.717, 1.165) is 19.4 Å². The third kappa shape index (κ3) is 2.55. The number of anilines is 1. The molecule has 1 aliphatic rings. The van der Waals surface area contributed by atoms with Gasteiger partial charge in [-0.2, -0.15) is 0 Å². The summed E-state index contributed by atoms with van der Waals surface area (Å²) < 4.78 is 13.8. The molecule has 1 fully saturated rings. The third-order valence-electron chi connectivity index (χ3n) is 3.51. The van der Waals surface area contributed by atoms with Crippen molar-refractivity contribution in [3.63, 3.8) is 0 Å². The first kappa shape index (κ1) is 12.7. The smallest absolute Gasteiger partial charge is 0.148 e. The average Bonchev–Trinajstić information content (AvgIpc) is 2.30. The van der Waals surface area contributed by atoms with Crippen LogP contribution in [0.4, 0.5) is 10.1 Å². The molecule has 17 heavy (non-hydrogen) atoms. The predicted octanol–water partition coefficient (Wildman–Crippen LogP) is 3.06. The monoisotopic (exact) mass is 256 g/mol. The lowest BCUT2D eigenvalue weighted by atomic mass is 9.97. The molecule has 2 unspecified atom stereocenters. The van der Waals surface area contributed by atoms with Gasteiger partial charge in [0.2, 0.25) is 0 Å². The van der Waals surface area contributed by atoms with Crippen LogP contribution in [0.1, 0.15) is 19.8 Å². The molecule has 94 valence electrons. The van der Waals surface area contributed by atoms with Gasteiger partial charge in [-0.3, -0.25) is 0 Å². The lowest BCUT2D eigenvalue weighted by Gasteiger charge is -2.39. The SMILES string of the molecule is CNC1CCN(c2c(F)cccc2Cl)C(C)C1. The molecule has 0 radical (unpaired) electrons. The highest BCUT2D eigenvalue weighted by atomic mass is 35.5. The molecule has 1 aromatic rings. The number of nitrogens with zero attached hydrogens (tertiary/aromatic N) is 1. The number of rotatable bonds is 2. The van der Waals surface area contributed by atoms with Crippen LogP contribution in [0.2, 0.25) is 5.02 Å². The molecule has 1 aromatic carbocycles. The Bertz CT molecular complexity index is 377. The zero-order valence-electron chi connectivity index (χ0n) is 10.2. The van der Waals surface area contributed by atoms with Gasteiger partial charge in [-0.05, 0) is 38.9 Å². The number of para-hydroxylation sites is 1. The number of halogens is 2. The molecule has 1 heterocycles. The van der Waals surface area contributed by atoms with Gasteiger partial charge in [-0.15, -0.1) is 0 Å². The number of nitrogens with one attached hydrogen (secondary N) is 1. The highest BCUT2D eigenvalue weighted by Gasteiger charge is 2.27. The summed E-state index contributed by atoms with van der Waals surface area (Å²) in [5, 5.41) is 3.78. The van der Waals surface area contributed by atoms with Gasteiger partial charge in [-0.1, -0.05) is 17.7 Å². The number of piperidine rings is 1. The number of hydrogen-bond donors (Lipinski definition) is 1. The zero-order chi connectivity index (χ0) is 12.4. The Labute approximate surface area is 107 Å². The molecule has 0 amide bonds. The normalized spacial score (nSPS) is 25.1. The maximum Gasteiger partial charge on any atom is 0.148 e. The quantitative estimate of drug-likeness (QED) is 0.875. The van der Waals surface area contributed by atoms with Crippen molar-refractivity contribution in [2.45, 2.75) is 31.8 Å². The van der Waals surface area contributed by atoms with Crippen molar-refractivity contribution in [2.75, 3.05) is 18.5 Å². The second kappa shape index (κ2) is 5.23. The van der Waals surface area contributed by atoms with Gasteiger partial charge in [0.05, 0.1) is 10.7 Å². The standard InChI is InChI=1S/C13H18ClFN2/c1-9-8-10(16-2)6-7-17(9)13-11(14)4-3-5-12(13)15/h3-5,9-10,16H,6-8H2,1-2H3. The number of benzene rings is 1. The minimum atomic E-state index is -0.229. The fourth-order valence-corrected chi connectivity index (χ4v) is 2.80. The summed E-state index contributed by atoms with van der Waals surface area (Å²) in [4.78, 5) is 2.07. The van der Waals surface area contributed by atoms with Gasteiger partial charge in [-0.25, -0.2) is 4.39 Å². The molecule has 2 atom stereocenters. The van der Waals surface area contributed by atoms with E-state index < -0.39 is 0 Å². The molecule has 0 saturated carbocycles. The Balaban J connectivity index is 2.23. The largest absolute Gasteiger partial charge is 0.365 e. The third-order valence-corrected chi connectivity index (χ3v) is 3.81. The van der Waals surface area contributed by atoms with Gasteiger partial charge >= 0.3 is 0 Å². The van der Waals surface area contributed by atoms with Gasteiger partial charge in [0.25, 0.3) is 0 Å². The fourth-order valence-electron chi connectivity index (χ4n) is 2.53. The molecule has 1 aliphatic heterocycles. The topological polar surface area (TPSA) is 15.3 Å². The van der Waals surface area contributed by atoms with E-state index in [2.05, 4.69) is 17.1 Å². The van der Waals surface area contributed by atoms with Crippen molar-refractivity contribution in [1.82, 2.24) is 5.32 Å². The van der Waals surface area contributed by atoms with Crippen LogP contribution in [-0.4, -0.2) is 25.7 Å². The summed E-state index contributed by atoms with van der Waals surface area (Å²) >= 11 is 6.10. The zero-order valence-corrected chi connectivity index (χ0v) is 11.0. The van der Waals surface area contributed by atoms with Crippen LogP contribution in [0.25, 0.3) is 0 Å². The van der Waals surface area contributed by atoms with Crippen LogP contribution < -0.4 is 10.2 Å². The minimum absolute atomic E-state index is 0.229. The Morgan fingerprint density at radius 2 is 2.24 bits per heavy atom. The van der Waals surface area contributed by atoms with Gasteiger partial charge < -0.3 is 10.2 Å². The van der Waals surface area contributed by atoms with E-state index in [1.54, 1.807) is 12.1 Å². The molecule has 1 N–H and O–H groups in total. The summed E-state index contributed by atoms with van der Waals surface area (Å²) in [6.45, 7) is 2.96. The van der Waals surface area contributed by atoms with Crippen LogP contribution >= 0.6 is 11.6 Å². The van der Waals surface area contributed by atoms with E-state index in [0.29, 0.717) is 22.8 Å². The van der Waals surface area contributed by atoms with Crippen molar-refractivity contribution in [2.24, 2.45) is 0 Å². The lowest BCUT2D eigenvalue weighted by molar-refractivity contribution is 0.384. The molecule has 2 nitrogen and oxygen atoms in total. The van der Waals surface area contributed by atoms with E-state index >= 15 is 0 Å². The van der Waals surface area contributed by atoms with Gasteiger partial charge in [0.15, 0.2) is 0 Å².